The molecule has 14 heavy (non-hydrogen) atoms. The molecule has 0 radical (unpaired) electrons. The van der Waals surface area contributed by atoms with Crippen LogP contribution in [0, 0.1) is 0 Å². The third kappa shape index (κ3) is 1.62. The van der Waals surface area contributed by atoms with Crippen LogP contribution in [0.4, 0.5) is 0 Å². The van der Waals surface area contributed by atoms with E-state index in [-0.39, 0.29) is 0 Å². The van der Waals surface area contributed by atoms with Gasteiger partial charge < -0.3 is 10.8 Å². The lowest BCUT2D eigenvalue weighted by molar-refractivity contribution is 0.0649. The molecule has 0 spiro atoms. The molecule has 0 bridgehead atoms. The molecule has 0 aromatic heterocycles. The number of rotatable bonds is 1. The summed E-state index contributed by atoms with van der Waals surface area (Å²) in [6.07, 6.45) is 0. The summed E-state index contributed by atoms with van der Waals surface area (Å²) in [7, 11) is 0. The van der Waals surface area contributed by atoms with Gasteiger partial charge in [0.15, 0.2) is 0 Å². The zero-order valence-electron chi connectivity index (χ0n) is 8.07. The molecule has 0 aliphatic carbocycles. The summed E-state index contributed by atoms with van der Waals surface area (Å²) in [4.78, 5) is 0. The normalized spacial score (nSPS) is 15.4. The molecule has 0 saturated carbocycles. The van der Waals surface area contributed by atoms with Crippen LogP contribution in [0.1, 0.15) is 12.5 Å². The summed E-state index contributed by atoms with van der Waals surface area (Å²) in [6.45, 7) is 1.58. The number of hydrogen-bond acceptors (Lipinski definition) is 2. The average molecular weight is 187 g/mol. The van der Waals surface area contributed by atoms with Crippen molar-refractivity contribution in [1.29, 1.82) is 0 Å². The molecule has 0 aliphatic heterocycles. The van der Waals surface area contributed by atoms with Gasteiger partial charge in [-0.05, 0) is 29.3 Å². The van der Waals surface area contributed by atoms with Gasteiger partial charge in [0.25, 0.3) is 0 Å². The van der Waals surface area contributed by atoms with E-state index in [0.29, 0.717) is 0 Å². The highest BCUT2D eigenvalue weighted by Crippen LogP contribution is 2.20. The Labute approximate surface area is 83.0 Å². The Kier molecular flexibility index (Phi) is 2.02. The Balaban J connectivity index is 2.63. The van der Waals surface area contributed by atoms with E-state index in [1.165, 1.54) is 0 Å². The molecule has 0 heterocycles. The minimum absolute atomic E-state index is 0.733. The Morgan fingerprint density at radius 1 is 1.07 bits per heavy atom. The highest BCUT2D eigenvalue weighted by Gasteiger charge is 2.15. The monoisotopic (exact) mass is 187 g/mol. The van der Waals surface area contributed by atoms with E-state index >= 15 is 0 Å². The van der Waals surface area contributed by atoms with Gasteiger partial charge in [-0.25, -0.2) is 0 Å². The molecule has 0 amide bonds. The van der Waals surface area contributed by atoms with Gasteiger partial charge in [-0.3, -0.25) is 0 Å². The van der Waals surface area contributed by atoms with Crippen LogP contribution in [0.2, 0.25) is 0 Å². The molecule has 72 valence electrons. The third-order valence-corrected chi connectivity index (χ3v) is 2.33. The van der Waals surface area contributed by atoms with E-state index < -0.39 is 5.72 Å². The van der Waals surface area contributed by atoms with Crippen molar-refractivity contribution in [3.8, 4) is 0 Å². The molecule has 2 nitrogen and oxygen atoms in total. The van der Waals surface area contributed by atoms with Crippen molar-refractivity contribution in [3.63, 3.8) is 0 Å². The second kappa shape index (κ2) is 3.08. The van der Waals surface area contributed by atoms with Crippen molar-refractivity contribution in [2.24, 2.45) is 5.73 Å². The maximum atomic E-state index is 9.63. The molecule has 0 saturated heterocycles. The van der Waals surface area contributed by atoms with Crippen molar-refractivity contribution in [1.82, 2.24) is 0 Å². The Hall–Kier alpha value is -1.38. The molecule has 2 aromatic rings. The van der Waals surface area contributed by atoms with E-state index in [0.717, 1.165) is 16.3 Å². The van der Waals surface area contributed by atoms with Crippen LogP contribution in [0.25, 0.3) is 10.8 Å². The van der Waals surface area contributed by atoms with Crippen LogP contribution in [-0.2, 0) is 5.72 Å². The Bertz CT molecular complexity index is 457. The topological polar surface area (TPSA) is 46.2 Å². The fraction of sp³-hybridized carbons (Fsp3) is 0.167. The largest absolute Gasteiger partial charge is 0.372 e. The lowest BCUT2D eigenvalue weighted by Crippen LogP contribution is -2.32. The maximum Gasteiger partial charge on any atom is 0.136 e. The summed E-state index contributed by atoms with van der Waals surface area (Å²) in [6, 6.07) is 13.7. The second-order valence-electron chi connectivity index (χ2n) is 3.71. The lowest BCUT2D eigenvalue weighted by atomic mass is 10.0. The molecule has 0 fully saturated rings. The third-order valence-electron chi connectivity index (χ3n) is 2.33. The quantitative estimate of drug-likeness (QED) is 0.670. The van der Waals surface area contributed by atoms with Crippen molar-refractivity contribution in [2.45, 2.75) is 12.6 Å². The van der Waals surface area contributed by atoms with Gasteiger partial charge in [0.05, 0.1) is 0 Å². The zero-order chi connectivity index (χ0) is 10.2. The summed E-state index contributed by atoms with van der Waals surface area (Å²) in [5, 5.41) is 11.9. The predicted molar refractivity (Wildman–Crippen MR) is 57.7 cm³/mol. The SMILES string of the molecule is CC(N)(O)c1ccc2ccccc2c1. The van der Waals surface area contributed by atoms with Crippen LogP contribution in [-0.4, -0.2) is 5.11 Å². The summed E-state index contributed by atoms with van der Waals surface area (Å²) < 4.78 is 0. The van der Waals surface area contributed by atoms with Gasteiger partial charge in [-0.15, -0.1) is 0 Å². The van der Waals surface area contributed by atoms with Crippen molar-refractivity contribution >= 4 is 10.8 Å². The molecular formula is C12H13NO. The number of fused-ring (bicyclic) bond motifs is 1. The molecule has 2 heteroatoms. The fourth-order valence-corrected chi connectivity index (χ4v) is 1.50. The van der Waals surface area contributed by atoms with Gasteiger partial charge in [-0.1, -0.05) is 36.4 Å². The van der Waals surface area contributed by atoms with E-state index in [9.17, 15) is 5.11 Å². The first-order valence-electron chi connectivity index (χ1n) is 4.58. The van der Waals surface area contributed by atoms with Crippen LogP contribution >= 0.6 is 0 Å². The minimum Gasteiger partial charge on any atom is -0.372 e. The van der Waals surface area contributed by atoms with Gasteiger partial charge in [0.2, 0.25) is 0 Å². The molecular weight excluding hydrogens is 174 g/mol. The highest BCUT2D eigenvalue weighted by molar-refractivity contribution is 5.83. The minimum atomic E-state index is -1.26. The van der Waals surface area contributed by atoms with E-state index in [2.05, 4.69) is 0 Å². The van der Waals surface area contributed by atoms with E-state index in [4.69, 9.17) is 5.73 Å². The van der Waals surface area contributed by atoms with Gasteiger partial charge in [0.1, 0.15) is 5.72 Å². The zero-order valence-corrected chi connectivity index (χ0v) is 8.07. The Morgan fingerprint density at radius 2 is 1.71 bits per heavy atom. The smallest absolute Gasteiger partial charge is 0.136 e. The van der Waals surface area contributed by atoms with E-state index in [1.54, 1.807) is 6.92 Å². The maximum absolute atomic E-state index is 9.63. The first-order valence-corrected chi connectivity index (χ1v) is 4.58. The number of nitrogens with two attached hydrogens (primary N) is 1. The first kappa shape index (κ1) is 9.19. The average Bonchev–Trinajstić information content (AvgIpc) is 2.16. The molecule has 1 atom stereocenters. The van der Waals surface area contributed by atoms with Crippen molar-refractivity contribution in [3.05, 3.63) is 48.0 Å². The summed E-state index contributed by atoms with van der Waals surface area (Å²) in [5.41, 5.74) is 5.08. The molecule has 3 N–H and O–H groups in total. The van der Waals surface area contributed by atoms with Gasteiger partial charge in [-0.2, -0.15) is 0 Å². The number of hydrogen-bond donors (Lipinski definition) is 2. The summed E-state index contributed by atoms with van der Waals surface area (Å²) >= 11 is 0. The molecule has 0 aliphatic rings. The van der Waals surface area contributed by atoms with Crippen molar-refractivity contribution in [2.75, 3.05) is 0 Å². The van der Waals surface area contributed by atoms with Crippen LogP contribution in [0.3, 0.4) is 0 Å². The number of aliphatic hydroxyl groups is 1. The highest BCUT2D eigenvalue weighted by atomic mass is 16.3. The molecule has 2 aromatic carbocycles. The van der Waals surface area contributed by atoms with Crippen molar-refractivity contribution < 1.29 is 5.11 Å². The number of benzene rings is 2. The summed E-state index contributed by atoms with van der Waals surface area (Å²) in [5.74, 6) is 0. The first-order chi connectivity index (χ1) is 6.57. The lowest BCUT2D eigenvalue weighted by Gasteiger charge is -2.17. The van der Waals surface area contributed by atoms with E-state index in [1.807, 2.05) is 42.5 Å². The Morgan fingerprint density at radius 3 is 2.36 bits per heavy atom. The molecule has 2 rings (SSSR count). The van der Waals surface area contributed by atoms with Crippen LogP contribution in [0.15, 0.2) is 42.5 Å². The van der Waals surface area contributed by atoms with Crippen LogP contribution in [0.5, 0.6) is 0 Å². The van der Waals surface area contributed by atoms with Gasteiger partial charge in [0, 0.05) is 0 Å². The predicted octanol–water partition coefficient (Wildman–Crippen LogP) is 1.96. The van der Waals surface area contributed by atoms with Crippen LogP contribution < -0.4 is 5.73 Å². The van der Waals surface area contributed by atoms with Gasteiger partial charge >= 0.3 is 0 Å². The standard InChI is InChI=1S/C12H13NO/c1-12(13,14)11-7-6-9-4-2-3-5-10(9)8-11/h2-8,14H,13H2,1H3. The second-order valence-corrected chi connectivity index (χ2v) is 3.71. The molecule has 1 unspecified atom stereocenters. The fourth-order valence-electron chi connectivity index (χ4n) is 1.50.